The van der Waals surface area contributed by atoms with Crippen molar-refractivity contribution in [3.05, 3.63) is 93.0 Å². The minimum Gasteiger partial charge on any atom is -0.481 e. The van der Waals surface area contributed by atoms with Gasteiger partial charge >= 0.3 is 5.97 Å². The van der Waals surface area contributed by atoms with Gasteiger partial charge in [-0.15, -0.1) is 0 Å². The third-order valence-electron chi connectivity index (χ3n) is 9.03. The van der Waals surface area contributed by atoms with E-state index in [0.29, 0.717) is 74.4 Å². The summed E-state index contributed by atoms with van der Waals surface area (Å²) in [5.74, 6) is 1.60. The van der Waals surface area contributed by atoms with Gasteiger partial charge in [0.2, 0.25) is 5.88 Å². The van der Waals surface area contributed by atoms with Crippen LogP contribution in [0.2, 0.25) is 10.0 Å². The van der Waals surface area contributed by atoms with Crippen molar-refractivity contribution >= 4 is 51.4 Å². The zero-order valence-electron chi connectivity index (χ0n) is 26.0. The molecule has 47 heavy (non-hydrogen) atoms. The summed E-state index contributed by atoms with van der Waals surface area (Å²) in [5.41, 5.74) is 4.09. The van der Waals surface area contributed by atoms with E-state index in [1.807, 2.05) is 55.5 Å². The van der Waals surface area contributed by atoms with Gasteiger partial charge in [-0.3, -0.25) is 14.5 Å². The van der Waals surface area contributed by atoms with Gasteiger partial charge in [0.05, 0.1) is 52.6 Å². The Morgan fingerprint density at radius 2 is 1.72 bits per heavy atom. The van der Waals surface area contributed by atoms with Gasteiger partial charge in [-0.1, -0.05) is 59.6 Å². The van der Waals surface area contributed by atoms with Crippen molar-refractivity contribution in [3.8, 4) is 28.3 Å². The smallest absolute Gasteiger partial charge is 0.309 e. The van der Waals surface area contributed by atoms with E-state index in [9.17, 15) is 9.59 Å². The van der Waals surface area contributed by atoms with E-state index >= 15 is 0 Å². The number of hydrogen-bond donors (Lipinski definition) is 1. The number of nitrogens with zero attached hydrogens (tertiary/aromatic N) is 5. The zero-order chi connectivity index (χ0) is 32.8. The maximum Gasteiger partial charge on any atom is 0.309 e. The Morgan fingerprint density at radius 1 is 1.00 bits per heavy atom. The van der Waals surface area contributed by atoms with Gasteiger partial charge in [-0.25, -0.2) is 14.6 Å². The third kappa shape index (κ3) is 5.71. The van der Waals surface area contributed by atoms with Crippen LogP contribution < -0.4 is 15.6 Å². The first-order chi connectivity index (χ1) is 22.8. The second-order valence-corrected chi connectivity index (χ2v) is 12.6. The van der Waals surface area contributed by atoms with Crippen LogP contribution in [-0.4, -0.2) is 57.4 Å². The van der Waals surface area contributed by atoms with E-state index in [4.69, 9.17) is 37.7 Å². The number of aromatic nitrogens is 4. The number of carbonyl (C=O) groups excluding carboxylic acids is 1. The molecule has 1 N–H and O–H groups in total. The summed E-state index contributed by atoms with van der Waals surface area (Å²) in [7, 11) is 3.21. The number of aryl methyl sites for hydroxylation is 1. The Morgan fingerprint density at radius 3 is 2.47 bits per heavy atom. The molecule has 2 fully saturated rings. The number of methoxy groups -OCH3 is 1. The van der Waals surface area contributed by atoms with Gasteiger partial charge in [0.25, 0.3) is 5.56 Å². The van der Waals surface area contributed by atoms with Crippen molar-refractivity contribution in [3.63, 3.8) is 0 Å². The fourth-order valence-corrected chi connectivity index (χ4v) is 7.26. The second-order valence-electron chi connectivity index (χ2n) is 11.8. The lowest BCUT2D eigenvalue weighted by Crippen LogP contribution is -2.26. The van der Waals surface area contributed by atoms with E-state index in [1.54, 1.807) is 32.6 Å². The first-order valence-electron chi connectivity index (χ1n) is 15.4. The summed E-state index contributed by atoms with van der Waals surface area (Å²) >= 11 is 14.0. The van der Waals surface area contributed by atoms with Crippen LogP contribution in [0.3, 0.4) is 0 Å². The van der Waals surface area contributed by atoms with Crippen LogP contribution in [0.25, 0.3) is 33.2 Å². The third-order valence-corrected chi connectivity index (χ3v) is 9.85. The number of rotatable bonds is 9. The highest BCUT2D eigenvalue weighted by Crippen LogP contribution is 2.52. The molecule has 0 bridgehead atoms. The Bertz CT molecular complexity index is 2070. The molecule has 1 aliphatic heterocycles. The Hall–Kier alpha value is -4.51. The summed E-state index contributed by atoms with van der Waals surface area (Å²) in [4.78, 5) is 36.6. The summed E-state index contributed by atoms with van der Waals surface area (Å²) in [6, 6.07) is 17.0. The molecule has 2 atom stereocenters. The molecule has 10 nitrogen and oxygen atoms in total. The van der Waals surface area contributed by atoms with E-state index in [1.165, 1.54) is 4.68 Å². The van der Waals surface area contributed by atoms with Crippen molar-refractivity contribution in [2.75, 3.05) is 32.1 Å². The lowest BCUT2D eigenvalue weighted by atomic mass is 10.00. The Labute approximate surface area is 281 Å². The summed E-state index contributed by atoms with van der Waals surface area (Å²) in [6.45, 7) is 4.65. The lowest BCUT2D eigenvalue weighted by molar-refractivity contribution is -0.145. The number of hydrogen-bond acceptors (Lipinski definition) is 9. The number of carbonyl (C=O) groups is 1. The predicted octanol–water partition coefficient (Wildman–Crippen LogP) is 6.36. The van der Waals surface area contributed by atoms with Gasteiger partial charge in [-0.05, 0) is 37.0 Å². The molecule has 1 saturated carbocycles. The van der Waals surface area contributed by atoms with Crippen molar-refractivity contribution in [2.45, 2.75) is 13.5 Å². The fraction of sp³-hybridized carbons (Fsp3) is 0.286. The molecule has 2 unspecified atom stereocenters. The predicted molar refractivity (Wildman–Crippen MR) is 182 cm³/mol. The molecule has 12 heteroatoms. The molecular formula is C35H32Cl2N6O4. The van der Waals surface area contributed by atoms with Gasteiger partial charge in [0.1, 0.15) is 5.82 Å². The highest BCUT2D eigenvalue weighted by Gasteiger charge is 2.60. The van der Waals surface area contributed by atoms with E-state index in [-0.39, 0.29) is 17.4 Å². The number of halogens is 2. The topological polar surface area (TPSA) is 111 Å². The number of benzene rings is 2. The van der Waals surface area contributed by atoms with E-state index in [2.05, 4.69) is 20.3 Å². The van der Waals surface area contributed by atoms with Crippen LogP contribution in [0.15, 0.2) is 71.8 Å². The normalized spacial score (nSPS) is 18.6. The Balaban J connectivity index is 1.14. The molecule has 240 valence electrons. The number of fused-ring (bicyclic) bond motifs is 2. The number of ether oxygens (including phenoxy) is 2. The highest BCUT2D eigenvalue weighted by molar-refractivity contribution is 6.39. The maximum absolute atomic E-state index is 12.9. The summed E-state index contributed by atoms with van der Waals surface area (Å²) < 4.78 is 12.2. The maximum atomic E-state index is 12.9. The molecule has 7 rings (SSSR count). The van der Waals surface area contributed by atoms with Gasteiger partial charge in [0, 0.05) is 60.5 Å². The number of anilines is 2. The van der Waals surface area contributed by atoms with E-state index in [0.717, 1.165) is 29.8 Å². The largest absolute Gasteiger partial charge is 0.481 e. The van der Waals surface area contributed by atoms with Crippen molar-refractivity contribution < 1.29 is 14.3 Å². The van der Waals surface area contributed by atoms with Gasteiger partial charge < -0.3 is 14.8 Å². The SMILES string of the molecule is CCOC(=O)C1C2CN(Cc3ccc(-c4cccc(-c5cccc(Nc6nccc7cnn(C)c(=O)c67)c5Cl)c4Cl)nc3OC)CC21. The van der Waals surface area contributed by atoms with Crippen molar-refractivity contribution in [1.29, 1.82) is 0 Å². The molecule has 1 saturated heterocycles. The second kappa shape index (κ2) is 12.6. The van der Waals surface area contributed by atoms with E-state index < -0.39 is 0 Å². The minimum absolute atomic E-state index is 0.0366. The van der Waals surface area contributed by atoms with Crippen molar-refractivity contribution in [2.24, 2.45) is 24.8 Å². The number of pyridine rings is 2. The van der Waals surface area contributed by atoms with Crippen LogP contribution in [0.4, 0.5) is 11.5 Å². The number of esters is 1. The first-order valence-corrected chi connectivity index (χ1v) is 16.1. The molecule has 4 heterocycles. The minimum atomic E-state index is -0.269. The quantitative estimate of drug-likeness (QED) is 0.179. The van der Waals surface area contributed by atoms with Gasteiger partial charge in [0.15, 0.2) is 0 Å². The van der Waals surface area contributed by atoms with Crippen LogP contribution in [0.5, 0.6) is 5.88 Å². The first kappa shape index (κ1) is 31.1. The summed E-state index contributed by atoms with van der Waals surface area (Å²) in [5, 5.41) is 9.34. The monoisotopic (exact) mass is 670 g/mol. The Kier molecular flexibility index (Phi) is 8.34. The standard InChI is InChI=1S/C35H32Cl2N6O4/c1-4-47-35(45)29-24-17-43(18-25(24)29)16-20-11-12-26(41-33(20)46-3)23-9-5-7-21(30(23)36)22-8-6-10-27(31(22)37)40-32-28-19(13-14-38-32)15-39-42(2)34(28)44/h5-15,24-25,29H,4,16-18H2,1-3H3,(H,38,40). The van der Waals surface area contributed by atoms with Crippen LogP contribution >= 0.6 is 23.2 Å². The molecule has 0 radical (unpaired) electrons. The van der Waals surface area contributed by atoms with Crippen molar-refractivity contribution in [1.82, 2.24) is 24.6 Å². The average Bonchev–Trinajstić information content (AvgIpc) is 3.59. The van der Waals surface area contributed by atoms with Crippen LogP contribution in [-0.2, 0) is 23.1 Å². The molecular weight excluding hydrogens is 639 g/mol. The fourth-order valence-electron chi connectivity index (χ4n) is 6.66. The average molecular weight is 672 g/mol. The molecule has 2 aliphatic rings. The van der Waals surface area contributed by atoms with Crippen LogP contribution in [0, 0.1) is 17.8 Å². The lowest BCUT2D eigenvalue weighted by Gasteiger charge is -2.20. The molecule has 1 aliphatic carbocycles. The number of piperidine rings is 1. The molecule has 0 spiro atoms. The number of likely N-dealkylation sites (tertiary alicyclic amines) is 1. The summed E-state index contributed by atoms with van der Waals surface area (Å²) in [6.07, 6.45) is 3.24. The number of nitrogens with one attached hydrogen (secondary N) is 1. The molecule has 3 aromatic heterocycles. The van der Waals surface area contributed by atoms with Crippen LogP contribution in [0.1, 0.15) is 12.5 Å². The van der Waals surface area contributed by atoms with Gasteiger partial charge in [-0.2, -0.15) is 5.10 Å². The molecule has 2 aromatic carbocycles. The molecule has 0 amide bonds. The zero-order valence-corrected chi connectivity index (χ0v) is 27.5. The molecule has 5 aromatic rings. The highest BCUT2D eigenvalue weighted by atomic mass is 35.5.